The van der Waals surface area contributed by atoms with Crippen LogP contribution in [0.4, 0.5) is 0 Å². The summed E-state index contributed by atoms with van der Waals surface area (Å²) in [6.07, 6.45) is 16.0. The van der Waals surface area contributed by atoms with Crippen molar-refractivity contribution in [3.05, 3.63) is 0 Å². The van der Waals surface area contributed by atoms with Crippen molar-refractivity contribution < 1.29 is 14.7 Å². The molecule has 0 radical (unpaired) electrons. The second-order valence-corrected chi connectivity index (χ2v) is 10.2. The first-order valence-electron chi connectivity index (χ1n) is 11.3. The fourth-order valence-corrected chi connectivity index (χ4v) is 5.18. The molecule has 1 rings (SSSR count). The molecule has 0 amide bonds. The Hall–Kier alpha value is -0.120. The van der Waals surface area contributed by atoms with E-state index in [4.69, 9.17) is 5.11 Å². The summed E-state index contributed by atoms with van der Waals surface area (Å²) in [5.74, 6) is 0. The van der Waals surface area contributed by atoms with E-state index in [1.807, 2.05) is 0 Å². The highest BCUT2D eigenvalue weighted by atomic mass is 16.3. The number of aliphatic hydroxyl groups is 2. The van der Waals surface area contributed by atoms with Gasteiger partial charge in [-0.2, -0.15) is 0 Å². The fraction of sp³-hybridized carbons (Fsp3) is 1.00. The lowest BCUT2D eigenvalue weighted by Gasteiger charge is -2.61. The Morgan fingerprint density at radius 1 is 0.692 bits per heavy atom. The molecule has 3 nitrogen and oxygen atoms in total. The Bertz CT molecular complexity index is 360. The van der Waals surface area contributed by atoms with Gasteiger partial charge in [-0.3, -0.25) is 0 Å². The van der Waals surface area contributed by atoms with E-state index in [9.17, 15) is 5.11 Å². The van der Waals surface area contributed by atoms with Crippen molar-refractivity contribution in [2.75, 3.05) is 20.2 Å². The van der Waals surface area contributed by atoms with Crippen molar-refractivity contribution in [1.82, 2.24) is 0 Å². The maximum atomic E-state index is 10.3. The summed E-state index contributed by atoms with van der Waals surface area (Å²) in [6, 6.07) is 0. The molecule has 1 saturated heterocycles. The number of hydrogen-bond donors (Lipinski definition) is 2. The summed E-state index contributed by atoms with van der Waals surface area (Å²) in [6.45, 7) is 11.0. The Morgan fingerprint density at radius 2 is 1.04 bits per heavy atom. The first-order chi connectivity index (χ1) is 12.2. The third-order valence-corrected chi connectivity index (χ3v) is 7.41. The average molecular weight is 371 g/mol. The molecular weight excluding hydrogens is 322 g/mol. The van der Waals surface area contributed by atoms with Crippen molar-refractivity contribution in [2.45, 2.75) is 128 Å². The van der Waals surface area contributed by atoms with Crippen molar-refractivity contribution in [3.8, 4) is 0 Å². The molecule has 0 unspecified atom stereocenters. The Balaban J connectivity index is 2.16. The van der Waals surface area contributed by atoms with Crippen LogP contribution in [0.15, 0.2) is 0 Å². The number of rotatable bonds is 13. The van der Waals surface area contributed by atoms with Crippen molar-refractivity contribution in [3.63, 3.8) is 0 Å². The van der Waals surface area contributed by atoms with E-state index < -0.39 is 0 Å². The molecule has 3 heteroatoms. The van der Waals surface area contributed by atoms with Gasteiger partial charge in [0, 0.05) is 19.4 Å². The van der Waals surface area contributed by atoms with Gasteiger partial charge in [-0.25, -0.2) is 0 Å². The molecule has 1 heterocycles. The van der Waals surface area contributed by atoms with Crippen LogP contribution in [0.3, 0.4) is 0 Å². The lowest BCUT2D eigenvalue weighted by atomic mass is 9.75. The number of nitrogens with zero attached hydrogens (tertiary/aromatic N) is 1. The molecule has 0 saturated carbocycles. The molecule has 0 aromatic rings. The van der Waals surface area contributed by atoms with Gasteiger partial charge in [0.25, 0.3) is 0 Å². The van der Waals surface area contributed by atoms with Crippen LogP contribution in [0.1, 0.15) is 111 Å². The molecule has 156 valence electrons. The molecule has 1 aliphatic rings. The first kappa shape index (κ1) is 23.9. The molecule has 26 heavy (non-hydrogen) atoms. The molecule has 0 bridgehead atoms. The average Bonchev–Trinajstić information content (AvgIpc) is 2.53. The lowest BCUT2D eigenvalue weighted by Crippen LogP contribution is -2.73. The van der Waals surface area contributed by atoms with Crippen LogP contribution < -0.4 is 0 Å². The topological polar surface area (TPSA) is 40.5 Å². The molecule has 1 aliphatic heterocycles. The van der Waals surface area contributed by atoms with Crippen LogP contribution in [-0.2, 0) is 0 Å². The summed E-state index contributed by atoms with van der Waals surface area (Å²) in [5, 5.41) is 19.0. The summed E-state index contributed by atoms with van der Waals surface area (Å²) in [5.41, 5.74) is 0.300. The second-order valence-electron chi connectivity index (χ2n) is 10.2. The molecule has 0 aromatic carbocycles. The highest BCUT2D eigenvalue weighted by Crippen LogP contribution is 2.44. The first-order valence-corrected chi connectivity index (χ1v) is 11.3. The Labute approximate surface area is 163 Å². The number of hydrogen-bond acceptors (Lipinski definition) is 2. The van der Waals surface area contributed by atoms with Gasteiger partial charge < -0.3 is 14.7 Å². The maximum absolute atomic E-state index is 10.3. The zero-order valence-corrected chi connectivity index (χ0v) is 18.5. The number of likely N-dealkylation sites (tertiary alicyclic amines) is 1. The third kappa shape index (κ3) is 6.80. The Morgan fingerprint density at radius 3 is 1.42 bits per heavy atom. The number of quaternary nitrogens is 1. The lowest BCUT2D eigenvalue weighted by molar-refractivity contribution is -1.00. The van der Waals surface area contributed by atoms with E-state index in [-0.39, 0.29) is 17.2 Å². The summed E-state index contributed by atoms with van der Waals surface area (Å²) < 4.78 is 1.09. The highest BCUT2D eigenvalue weighted by molar-refractivity contribution is 4.89. The summed E-state index contributed by atoms with van der Waals surface area (Å²) >= 11 is 0. The number of unbranched alkanes of at least 4 members (excludes halogenated alkanes) is 10. The van der Waals surface area contributed by atoms with Gasteiger partial charge in [-0.05, 0) is 47.0 Å². The SMILES string of the molecule is CC1(C)CC(O)CC(C)(C)[N+]1(C)CCCCCCCCCCCCCO. The smallest absolute Gasteiger partial charge is 0.0962 e. The quantitative estimate of drug-likeness (QED) is 0.335. The molecule has 1 fully saturated rings. The van der Waals surface area contributed by atoms with E-state index in [1.54, 1.807) is 0 Å². The van der Waals surface area contributed by atoms with Gasteiger partial charge in [0.1, 0.15) is 0 Å². The number of aliphatic hydroxyl groups excluding tert-OH is 2. The van der Waals surface area contributed by atoms with E-state index in [2.05, 4.69) is 34.7 Å². The predicted molar refractivity (Wildman–Crippen MR) is 112 cm³/mol. The fourth-order valence-electron chi connectivity index (χ4n) is 5.18. The summed E-state index contributed by atoms with van der Waals surface area (Å²) in [4.78, 5) is 0. The molecule has 0 aliphatic carbocycles. The molecule has 0 spiro atoms. The standard InChI is InChI=1S/C23H48NO2/c1-22(2)19-21(26)20-23(3,4)24(22,5)17-15-13-11-9-7-6-8-10-12-14-16-18-25/h21,25-26H,6-20H2,1-5H3/q+1. The van der Waals surface area contributed by atoms with Crippen LogP contribution in [-0.4, -0.2) is 52.1 Å². The highest BCUT2D eigenvalue weighted by Gasteiger charge is 2.55. The molecular formula is C23H48NO2+. The Kier molecular flexibility index (Phi) is 10.1. The largest absolute Gasteiger partial charge is 0.396 e. The van der Waals surface area contributed by atoms with Crippen LogP contribution in [0.25, 0.3) is 0 Å². The van der Waals surface area contributed by atoms with Gasteiger partial charge in [0.15, 0.2) is 0 Å². The zero-order valence-electron chi connectivity index (χ0n) is 18.5. The van der Waals surface area contributed by atoms with Crippen LogP contribution in [0, 0.1) is 0 Å². The monoisotopic (exact) mass is 370 g/mol. The van der Waals surface area contributed by atoms with Crippen LogP contribution in [0.2, 0.25) is 0 Å². The number of piperidine rings is 1. The van der Waals surface area contributed by atoms with Gasteiger partial charge in [0.05, 0.1) is 30.8 Å². The van der Waals surface area contributed by atoms with Crippen LogP contribution >= 0.6 is 0 Å². The predicted octanol–water partition coefficient (Wildman–Crippen LogP) is 5.43. The molecule has 2 N–H and O–H groups in total. The van der Waals surface area contributed by atoms with Crippen molar-refractivity contribution in [2.24, 2.45) is 0 Å². The maximum Gasteiger partial charge on any atom is 0.0962 e. The zero-order chi connectivity index (χ0) is 19.7. The van der Waals surface area contributed by atoms with Gasteiger partial charge in [-0.1, -0.05) is 51.4 Å². The molecule has 0 aromatic heterocycles. The van der Waals surface area contributed by atoms with Crippen molar-refractivity contribution in [1.29, 1.82) is 0 Å². The van der Waals surface area contributed by atoms with Crippen LogP contribution in [0.5, 0.6) is 0 Å². The van der Waals surface area contributed by atoms with E-state index >= 15 is 0 Å². The third-order valence-electron chi connectivity index (χ3n) is 7.41. The van der Waals surface area contributed by atoms with E-state index in [0.717, 1.165) is 23.7 Å². The van der Waals surface area contributed by atoms with E-state index in [1.165, 1.54) is 70.8 Å². The summed E-state index contributed by atoms with van der Waals surface area (Å²) in [7, 11) is 2.42. The van der Waals surface area contributed by atoms with Gasteiger partial charge >= 0.3 is 0 Å². The molecule has 0 atom stereocenters. The minimum atomic E-state index is -0.144. The van der Waals surface area contributed by atoms with Gasteiger partial charge in [-0.15, -0.1) is 0 Å². The minimum absolute atomic E-state index is 0.144. The normalized spacial score (nSPS) is 27.6. The van der Waals surface area contributed by atoms with Gasteiger partial charge in [0.2, 0.25) is 0 Å². The minimum Gasteiger partial charge on any atom is -0.396 e. The second kappa shape index (κ2) is 11.0. The van der Waals surface area contributed by atoms with E-state index in [0.29, 0.717) is 6.61 Å². The van der Waals surface area contributed by atoms with Crippen molar-refractivity contribution >= 4 is 0 Å².